The molecule has 0 radical (unpaired) electrons. The SMILES string of the molecule is CCc1ccc(-c2cc(C(F)F)ccc2F)c(C2CCC2(C)C)c1. The molecular weight excluding hydrogens is 309 g/mol. The van der Waals surface area contributed by atoms with Crippen LogP contribution in [0.25, 0.3) is 11.1 Å². The summed E-state index contributed by atoms with van der Waals surface area (Å²) in [6, 6.07) is 9.62. The van der Waals surface area contributed by atoms with Crippen LogP contribution in [0.4, 0.5) is 13.2 Å². The van der Waals surface area contributed by atoms with E-state index in [1.54, 1.807) is 0 Å². The van der Waals surface area contributed by atoms with Crippen LogP contribution in [0.1, 0.15) is 62.6 Å². The van der Waals surface area contributed by atoms with E-state index in [1.807, 2.05) is 12.1 Å². The first-order valence-corrected chi connectivity index (χ1v) is 8.54. The van der Waals surface area contributed by atoms with Gasteiger partial charge in [0.15, 0.2) is 0 Å². The molecule has 0 amide bonds. The van der Waals surface area contributed by atoms with Gasteiger partial charge in [-0.15, -0.1) is 0 Å². The summed E-state index contributed by atoms with van der Waals surface area (Å²) < 4.78 is 40.5. The molecule has 1 aliphatic carbocycles. The molecule has 2 aromatic rings. The molecule has 1 aliphatic rings. The monoisotopic (exact) mass is 332 g/mol. The van der Waals surface area contributed by atoms with E-state index < -0.39 is 12.2 Å². The van der Waals surface area contributed by atoms with Crippen LogP contribution in [0.3, 0.4) is 0 Å². The maximum Gasteiger partial charge on any atom is 0.263 e. The molecule has 0 bridgehead atoms. The second-order valence-corrected chi connectivity index (χ2v) is 7.39. The Hall–Kier alpha value is -1.77. The first-order valence-electron chi connectivity index (χ1n) is 8.54. The van der Waals surface area contributed by atoms with Gasteiger partial charge in [-0.1, -0.05) is 45.0 Å². The maximum absolute atomic E-state index is 14.4. The van der Waals surface area contributed by atoms with Crippen molar-refractivity contribution in [2.75, 3.05) is 0 Å². The van der Waals surface area contributed by atoms with Gasteiger partial charge < -0.3 is 0 Å². The minimum Gasteiger partial charge on any atom is -0.206 e. The van der Waals surface area contributed by atoms with Gasteiger partial charge in [0, 0.05) is 11.1 Å². The van der Waals surface area contributed by atoms with Crippen LogP contribution >= 0.6 is 0 Å². The van der Waals surface area contributed by atoms with Crippen molar-refractivity contribution in [3.05, 3.63) is 58.9 Å². The molecule has 0 nitrogen and oxygen atoms in total. The van der Waals surface area contributed by atoms with E-state index in [0.29, 0.717) is 5.92 Å². The summed E-state index contributed by atoms with van der Waals surface area (Å²) in [5.41, 5.74) is 3.36. The average molecular weight is 332 g/mol. The van der Waals surface area contributed by atoms with Crippen LogP contribution in [-0.4, -0.2) is 0 Å². The number of benzene rings is 2. The number of rotatable bonds is 4. The number of hydrogen-bond donors (Lipinski definition) is 0. The van der Waals surface area contributed by atoms with Gasteiger partial charge in [0.1, 0.15) is 5.82 Å². The predicted molar refractivity (Wildman–Crippen MR) is 91.9 cm³/mol. The van der Waals surface area contributed by atoms with Gasteiger partial charge in [-0.2, -0.15) is 0 Å². The Kier molecular flexibility index (Phi) is 4.46. The quantitative estimate of drug-likeness (QED) is 0.571. The van der Waals surface area contributed by atoms with Crippen molar-refractivity contribution in [1.82, 2.24) is 0 Å². The third-order valence-corrected chi connectivity index (χ3v) is 5.45. The molecule has 0 aliphatic heterocycles. The standard InChI is InChI=1S/C21H23F3/c1-4-13-5-7-15(16(11-13)18-9-10-21(18,2)3)17-12-14(20(23)24)6-8-19(17)22/h5-8,11-12,18,20H,4,9-10H2,1-3H3. The van der Waals surface area contributed by atoms with E-state index in [2.05, 4.69) is 26.8 Å². The molecule has 1 fully saturated rings. The molecule has 0 N–H and O–H groups in total. The van der Waals surface area contributed by atoms with E-state index in [4.69, 9.17) is 0 Å². The van der Waals surface area contributed by atoms with Gasteiger partial charge in [0.2, 0.25) is 0 Å². The molecule has 1 saturated carbocycles. The fourth-order valence-corrected chi connectivity index (χ4v) is 3.69. The lowest BCUT2D eigenvalue weighted by Gasteiger charge is -2.46. The van der Waals surface area contributed by atoms with E-state index >= 15 is 0 Å². The Morgan fingerprint density at radius 1 is 1.08 bits per heavy atom. The normalized spacial score (nSPS) is 19.4. The van der Waals surface area contributed by atoms with Gasteiger partial charge in [0.25, 0.3) is 6.43 Å². The van der Waals surface area contributed by atoms with Crippen molar-refractivity contribution in [2.45, 2.75) is 52.4 Å². The highest BCUT2D eigenvalue weighted by atomic mass is 19.3. The molecule has 0 aromatic heterocycles. The first kappa shape index (κ1) is 17.1. The lowest BCUT2D eigenvalue weighted by atomic mass is 9.59. The predicted octanol–water partition coefficient (Wildman–Crippen LogP) is 6.90. The van der Waals surface area contributed by atoms with E-state index in [0.717, 1.165) is 42.5 Å². The van der Waals surface area contributed by atoms with E-state index in [1.165, 1.54) is 11.6 Å². The summed E-state index contributed by atoms with van der Waals surface area (Å²) >= 11 is 0. The number of aryl methyl sites for hydroxylation is 1. The third-order valence-electron chi connectivity index (χ3n) is 5.45. The van der Waals surface area contributed by atoms with Gasteiger partial charge >= 0.3 is 0 Å². The second-order valence-electron chi connectivity index (χ2n) is 7.39. The Labute approximate surface area is 141 Å². The molecule has 1 unspecified atom stereocenters. The van der Waals surface area contributed by atoms with Crippen molar-refractivity contribution >= 4 is 0 Å². The van der Waals surface area contributed by atoms with Crippen LogP contribution in [0.5, 0.6) is 0 Å². The molecule has 24 heavy (non-hydrogen) atoms. The Morgan fingerprint density at radius 3 is 2.38 bits per heavy atom. The summed E-state index contributed by atoms with van der Waals surface area (Å²) in [6.07, 6.45) is 0.499. The Bertz CT molecular complexity index is 747. The molecule has 0 spiro atoms. The highest BCUT2D eigenvalue weighted by molar-refractivity contribution is 5.70. The van der Waals surface area contributed by atoms with Crippen LogP contribution < -0.4 is 0 Å². The topological polar surface area (TPSA) is 0 Å². The van der Waals surface area contributed by atoms with Crippen LogP contribution in [0.2, 0.25) is 0 Å². The van der Waals surface area contributed by atoms with E-state index in [9.17, 15) is 13.2 Å². The maximum atomic E-state index is 14.4. The van der Waals surface area contributed by atoms with Crippen LogP contribution in [0, 0.1) is 11.2 Å². The summed E-state index contributed by atoms with van der Waals surface area (Å²) in [5.74, 6) is -0.101. The second kappa shape index (κ2) is 6.27. The van der Waals surface area contributed by atoms with Gasteiger partial charge in [-0.3, -0.25) is 0 Å². The van der Waals surface area contributed by atoms with Crippen molar-refractivity contribution in [3.63, 3.8) is 0 Å². The molecule has 3 heteroatoms. The summed E-state index contributed by atoms with van der Waals surface area (Å²) in [6.45, 7) is 6.52. The lowest BCUT2D eigenvalue weighted by molar-refractivity contribution is 0.140. The molecular formula is C21H23F3. The largest absolute Gasteiger partial charge is 0.263 e. The first-order chi connectivity index (χ1) is 11.3. The van der Waals surface area contributed by atoms with Gasteiger partial charge in [-0.25, -0.2) is 13.2 Å². The smallest absolute Gasteiger partial charge is 0.206 e. The minimum atomic E-state index is -2.59. The molecule has 0 heterocycles. The molecule has 1 atom stereocenters. The van der Waals surface area contributed by atoms with Crippen LogP contribution in [0.15, 0.2) is 36.4 Å². The summed E-state index contributed by atoms with van der Waals surface area (Å²) in [5, 5.41) is 0. The zero-order valence-corrected chi connectivity index (χ0v) is 14.4. The number of halogens is 3. The van der Waals surface area contributed by atoms with Gasteiger partial charge in [-0.05, 0) is 59.4 Å². The number of alkyl halides is 2. The third kappa shape index (κ3) is 2.97. The van der Waals surface area contributed by atoms with Gasteiger partial charge in [0.05, 0.1) is 0 Å². The fraction of sp³-hybridized carbons (Fsp3) is 0.429. The zero-order chi connectivity index (χ0) is 17.5. The lowest BCUT2D eigenvalue weighted by Crippen LogP contribution is -2.32. The van der Waals surface area contributed by atoms with Crippen molar-refractivity contribution in [3.8, 4) is 11.1 Å². The highest BCUT2D eigenvalue weighted by Gasteiger charge is 2.40. The fourth-order valence-electron chi connectivity index (χ4n) is 3.69. The summed E-state index contributed by atoms with van der Waals surface area (Å²) in [7, 11) is 0. The minimum absolute atomic E-state index is 0.134. The van der Waals surface area contributed by atoms with Crippen LogP contribution in [-0.2, 0) is 6.42 Å². The molecule has 0 saturated heterocycles. The Balaban J connectivity index is 2.16. The highest BCUT2D eigenvalue weighted by Crippen LogP contribution is 2.54. The Morgan fingerprint density at radius 2 is 1.83 bits per heavy atom. The summed E-state index contributed by atoms with van der Waals surface area (Å²) in [4.78, 5) is 0. The molecule has 128 valence electrons. The molecule has 3 rings (SSSR count). The van der Waals surface area contributed by atoms with E-state index in [-0.39, 0.29) is 16.5 Å². The van der Waals surface area contributed by atoms with Crippen molar-refractivity contribution < 1.29 is 13.2 Å². The molecule has 2 aromatic carbocycles. The zero-order valence-electron chi connectivity index (χ0n) is 14.4. The number of hydrogen-bond acceptors (Lipinski definition) is 0. The van der Waals surface area contributed by atoms with Crippen molar-refractivity contribution in [1.29, 1.82) is 0 Å². The average Bonchev–Trinajstić information content (AvgIpc) is 2.54. The van der Waals surface area contributed by atoms with Crippen molar-refractivity contribution in [2.24, 2.45) is 5.41 Å².